The number of rotatable bonds is 14. The van der Waals surface area contributed by atoms with Gasteiger partial charge in [0, 0.05) is 67.1 Å². The standard InChI is InChI=1S/C30H34BrN9O4S/c1-38-15-21(13-24(38)28(42)34-10-8-27(32)33)36-29(43)25-14-22(16-39(25)2)37-30(44)26-12-20(17-40(26,3)35-18-41)19-4-6-23(7-5-19)45-11-9-31/h4-7,12-18H,8-11H2,1-3H3,(H6-,32,33,34,35,36,37,41,42,43,44)/p+1. The van der Waals surface area contributed by atoms with Crippen LogP contribution in [0.25, 0.3) is 5.57 Å². The number of allylic oxidation sites excluding steroid dienone is 2. The summed E-state index contributed by atoms with van der Waals surface area (Å²) in [4.78, 5) is 51.7. The van der Waals surface area contributed by atoms with Gasteiger partial charge >= 0.3 is 5.91 Å². The highest BCUT2D eigenvalue weighted by molar-refractivity contribution is 9.09. The van der Waals surface area contributed by atoms with Crippen molar-refractivity contribution in [1.82, 2.24) is 19.9 Å². The molecule has 1 atom stereocenters. The van der Waals surface area contributed by atoms with Crippen LogP contribution in [0.1, 0.15) is 33.0 Å². The summed E-state index contributed by atoms with van der Waals surface area (Å²) >= 11 is 5.17. The Kier molecular flexibility index (Phi) is 10.7. The van der Waals surface area contributed by atoms with Crippen molar-refractivity contribution in [2.24, 2.45) is 19.8 Å². The predicted molar refractivity (Wildman–Crippen MR) is 179 cm³/mol. The first-order valence-electron chi connectivity index (χ1n) is 13.8. The van der Waals surface area contributed by atoms with E-state index in [1.54, 1.807) is 66.7 Å². The number of amides is 4. The predicted octanol–water partition coefficient (Wildman–Crippen LogP) is 3.14. The lowest BCUT2D eigenvalue weighted by Crippen LogP contribution is -2.50. The number of benzene rings is 1. The Morgan fingerprint density at radius 1 is 1.00 bits per heavy atom. The van der Waals surface area contributed by atoms with E-state index < -0.39 is 11.8 Å². The zero-order chi connectivity index (χ0) is 32.7. The molecular formula is C30H35BrN9O4S+. The van der Waals surface area contributed by atoms with Gasteiger partial charge in [-0.1, -0.05) is 28.1 Å². The molecule has 0 spiro atoms. The quantitative estimate of drug-likeness (QED) is 0.0377. The summed E-state index contributed by atoms with van der Waals surface area (Å²) in [7, 11) is 5.04. The molecular weight excluding hydrogens is 662 g/mol. The molecule has 0 bridgehead atoms. The summed E-state index contributed by atoms with van der Waals surface area (Å²) in [5.41, 5.74) is 11.4. The second-order valence-electron chi connectivity index (χ2n) is 10.4. The van der Waals surface area contributed by atoms with E-state index in [-0.39, 0.29) is 40.7 Å². The number of amidine groups is 1. The van der Waals surface area contributed by atoms with E-state index in [0.717, 1.165) is 27.1 Å². The number of anilines is 2. The summed E-state index contributed by atoms with van der Waals surface area (Å²) in [6.45, 7) is 0.223. The van der Waals surface area contributed by atoms with Crippen molar-refractivity contribution in [1.29, 1.82) is 5.41 Å². The highest BCUT2D eigenvalue weighted by Crippen LogP contribution is 2.32. The Morgan fingerprint density at radius 3 is 2.18 bits per heavy atom. The van der Waals surface area contributed by atoms with Crippen molar-refractivity contribution in [3.63, 3.8) is 0 Å². The fourth-order valence-corrected chi connectivity index (χ4v) is 5.85. The third kappa shape index (κ3) is 8.12. The molecule has 1 aliphatic rings. The first-order chi connectivity index (χ1) is 21.4. The number of hydrogen-bond acceptors (Lipinski definition) is 6. The van der Waals surface area contributed by atoms with Gasteiger partial charge in [0.1, 0.15) is 24.6 Å². The van der Waals surface area contributed by atoms with E-state index in [4.69, 9.17) is 11.1 Å². The number of thioether (sulfide) groups is 1. The molecule has 45 heavy (non-hydrogen) atoms. The van der Waals surface area contributed by atoms with E-state index >= 15 is 0 Å². The molecule has 1 aliphatic heterocycles. The molecule has 2 aromatic heterocycles. The Hall–Kier alpha value is -4.60. The number of carbonyl (C=O) groups excluding carboxylic acids is 4. The summed E-state index contributed by atoms with van der Waals surface area (Å²) in [5, 5.41) is 16.5. The topological polar surface area (TPSA) is 176 Å². The Morgan fingerprint density at radius 2 is 1.60 bits per heavy atom. The van der Waals surface area contributed by atoms with Crippen LogP contribution in [-0.4, -0.2) is 68.4 Å². The number of hydrogen-bond donors (Lipinski definition) is 6. The van der Waals surface area contributed by atoms with Gasteiger partial charge < -0.3 is 30.8 Å². The number of aryl methyl sites for hydroxylation is 2. The van der Waals surface area contributed by atoms with Crippen LogP contribution in [0, 0.1) is 5.41 Å². The number of carbonyl (C=O) groups is 4. The van der Waals surface area contributed by atoms with Gasteiger partial charge in [0.15, 0.2) is 0 Å². The van der Waals surface area contributed by atoms with Gasteiger partial charge in [0.05, 0.1) is 17.2 Å². The molecule has 0 fully saturated rings. The number of nitrogens with one attached hydrogen (secondary N) is 5. The maximum Gasteiger partial charge on any atom is 0.312 e. The molecule has 0 saturated heterocycles. The van der Waals surface area contributed by atoms with Gasteiger partial charge in [-0.2, -0.15) is 10.0 Å². The fraction of sp³-hybridized carbons (Fsp3) is 0.233. The first-order valence-corrected chi connectivity index (χ1v) is 15.9. The highest BCUT2D eigenvalue weighted by atomic mass is 79.9. The second-order valence-corrected chi connectivity index (χ2v) is 12.3. The number of quaternary nitrogens is 1. The average molecular weight is 698 g/mol. The SMILES string of the molecule is Cn1cc(NC(=O)c2cc(NC(=O)C3=CC(c4ccc(SCCBr)cc4)=C[N+]3(C)NC=O)cn2C)cc1C(=O)NCCC(=N)N. The summed E-state index contributed by atoms with van der Waals surface area (Å²) in [6, 6.07) is 11.1. The minimum atomic E-state index is -0.455. The second kappa shape index (κ2) is 14.5. The van der Waals surface area contributed by atoms with Gasteiger partial charge in [-0.05, 0) is 29.8 Å². The molecule has 7 N–H and O–H groups in total. The van der Waals surface area contributed by atoms with Crippen LogP contribution in [0.4, 0.5) is 11.4 Å². The van der Waals surface area contributed by atoms with Crippen molar-refractivity contribution in [3.8, 4) is 0 Å². The van der Waals surface area contributed by atoms with Gasteiger partial charge in [-0.3, -0.25) is 24.6 Å². The third-order valence-electron chi connectivity index (χ3n) is 6.95. The monoisotopic (exact) mass is 696 g/mol. The van der Waals surface area contributed by atoms with E-state index in [1.807, 2.05) is 24.3 Å². The van der Waals surface area contributed by atoms with Gasteiger partial charge in [-0.15, -0.1) is 11.8 Å². The fourth-order valence-electron chi connectivity index (χ4n) is 4.73. The first kappa shape index (κ1) is 33.3. The zero-order valence-corrected chi connectivity index (χ0v) is 27.4. The minimum absolute atomic E-state index is 0.0261. The summed E-state index contributed by atoms with van der Waals surface area (Å²) in [6.07, 6.45) is 7.50. The molecule has 0 aliphatic carbocycles. The van der Waals surface area contributed by atoms with E-state index in [0.29, 0.717) is 23.5 Å². The summed E-state index contributed by atoms with van der Waals surface area (Å²) < 4.78 is 2.90. The van der Waals surface area contributed by atoms with Crippen molar-refractivity contribution >= 4 is 74.6 Å². The van der Waals surface area contributed by atoms with Crippen molar-refractivity contribution < 1.29 is 23.8 Å². The molecule has 4 rings (SSSR count). The van der Waals surface area contributed by atoms with E-state index in [9.17, 15) is 19.2 Å². The van der Waals surface area contributed by atoms with Gasteiger partial charge in [0.2, 0.25) is 5.70 Å². The molecule has 3 heterocycles. The average Bonchev–Trinajstić information content (AvgIpc) is 3.66. The van der Waals surface area contributed by atoms with Crippen LogP contribution in [0.2, 0.25) is 0 Å². The lowest BCUT2D eigenvalue weighted by molar-refractivity contribution is -0.849. The Bertz CT molecular complexity index is 1690. The third-order valence-corrected chi connectivity index (χ3v) is 8.88. The van der Waals surface area contributed by atoms with Crippen LogP contribution >= 0.6 is 27.7 Å². The zero-order valence-electron chi connectivity index (χ0n) is 25.0. The van der Waals surface area contributed by atoms with Crippen LogP contribution in [0.5, 0.6) is 0 Å². The van der Waals surface area contributed by atoms with Crippen LogP contribution in [0.3, 0.4) is 0 Å². The number of nitrogens with two attached hydrogens (primary N) is 1. The lowest BCUT2D eigenvalue weighted by Gasteiger charge is -2.25. The maximum atomic E-state index is 13.5. The number of halogens is 1. The molecule has 1 aromatic carbocycles. The molecule has 236 valence electrons. The minimum Gasteiger partial charge on any atom is -0.388 e. The number of aromatic nitrogens is 2. The molecule has 4 amide bonds. The molecule has 15 heteroatoms. The van der Waals surface area contributed by atoms with Crippen molar-refractivity contribution in [2.75, 3.05) is 35.3 Å². The Balaban J connectivity index is 1.46. The van der Waals surface area contributed by atoms with E-state index in [2.05, 4.69) is 37.3 Å². The van der Waals surface area contributed by atoms with Crippen LogP contribution in [-0.2, 0) is 23.7 Å². The van der Waals surface area contributed by atoms with Crippen molar-refractivity contribution in [2.45, 2.75) is 11.3 Å². The van der Waals surface area contributed by atoms with Crippen molar-refractivity contribution in [3.05, 3.63) is 83.7 Å². The maximum absolute atomic E-state index is 13.5. The van der Waals surface area contributed by atoms with Crippen LogP contribution in [0.15, 0.2) is 71.7 Å². The Labute approximate surface area is 273 Å². The molecule has 0 saturated carbocycles. The largest absolute Gasteiger partial charge is 0.388 e. The molecule has 13 nitrogen and oxygen atoms in total. The molecule has 0 radical (unpaired) electrons. The van der Waals surface area contributed by atoms with E-state index in [1.165, 1.54) is 12.1 Å². The number of alkyl halides is 1. The lowest BCUT2D eigenvalue weighted by atomic mass is 10.1. The smallest absolute Gasteiger partial charge is 0.312 e. The van der Waals surface area contributed by atoms with Gasteiger partial charge in [0.25, 0.3) is 18.2 Å². The molecule has 1 unspecified atom stereocenters. The number of likely N-dealkylation sites (N-methyl/N-ethyl adjacent to an activating group) is 1. The van der Waals surface area contributed by atoms with Crippen LogP contribution < -0.4 is 27.1 Å². The highest BCUT2D eigenvalue weighted by Gasteiger charge is 2.38. The molecule has 3 aromatic rings. The number of nitrogens with zero attached hydrogens (tertiary/aromatic N) is 3. The van der Waals surface area contributed by atoms with Gasteiger partial charge in [-0.25, -0.2) is 0 Å². The normalized spacial score (nSPS) is 15.6. The summed E-state index contributed by atoms with van der Waals surface area (Å²) in [5.74, 6) is -0.344.